The van der Waals surface area contributed by atoms with E-state index in [1.54, 1.807) is 6.07 Å². The minimum atomic E-state index is -4.81. The first-order valence-corrected chi connectivity index (χ1v) is 9.31. The van der Waals surface area contributed by atoms with Crippen LogP contribution in [0.3, 0.4) is 0 Å². The minimum Gasteiger partial charge on any atom is -0.493 e. The van der Waals surface area contributed by atoms with Gasteiger partial charge in [0.15, 0.2) is 17.3 Å². The maximum atomic E-state index is 12.8. The molecule has 1 amide bonds. The van der Waals surface area contributed by atoms with Crippen LogP contribution in [0.5, 0.6) is 11.5 Å². The number of rotatable bonds is 8. The molecule has 0 aliphatic rings. The van der Waals surface area contributed by atoms with Gasteiger partial charge in [-0.2, -0.15) is 8.42 Å². The fraction of sp³-hybridized carbons (Fsp3) is 0.222. The molecule has 0 bridgehead atoms. The zero-order valence-electron chi connectivity index (χ0n) is 14.7. The SMILES string of the molecule is CCOc1ccc(C(=O)CC(=O)Nc2ccc(S(=O)(=O)F)cc2)cc1OC. The van der Waals surface area contributed by atoms with Crippen LogP contribution in [0.2, 0.25) is 0 Å². The van der Waals surface area contributed by atoms with E-state index in [1.165, 1.54) is 31.4 Å². The van der Waals surface area contributed by atoms with Crippen molar-refractivity contribution in [1.82, 2.24) is 0 Å². The molecule has 0 atom stereocenters. The molecule has 0 unspecified atom stereocenters. The van der Waals surface area contributed by atoms with Gasteiger partial charge >= 0.3 is 10.2 Å². The third kappa shape index (κ3) is 5.52. The van der Waals surface area contributed by atoms with Crippen molar-refractivity contribution >= 4 is 27.6 Å². The van der Waals surface area contributed by atoms with Gasteiger partial charge in [0.2, 0.25) is 5.91 Å². The maximum absolute atomic E-state index is 12.8. The second-order valence-corrected chi connectivity index (χ2v) is 6.76. The number of methoxy groups -OCH3 is 1. The molecule has 2 rings (SSSR count). The quantitative estimate of drug-likeness (QED) is 0.419. The molecule has 0 fully saturated rings. The number of benzene rings is 2. The summed E-state index contributed by atoms with van der Waals surface area (Å²) in [5.41, 5.74) is 0.522. The summed E-state index contributed by atoms with van der Waals surface area (Å²) in [5, 5.41) is 2.45. The van der Waals surface area contributed by atoms with E-state index < -0.39 is 33.2 Å². The lowest BCUT2D eigenvalue weighted by molar-refractivity contribution is -0.115. The van der Waals surface area contributed by atoms with Crippen molar-refractivity contribution in [2.45, 2.75) is 18.2 Å². The van der Waals surface area contributed by atoms with Crippen LogP contribution in [0.4, 0.5) is 9.57 Å². The molecule has 0 saturated carbocycles. The van der Waals surface area contributed by atoms with Crippen molar-refractivity contribution in [3.8, 4) is 11.5 Å². The monoisotopic (exact) mass is 395 g/mol. The second kappa shape index (κ2) is 8.63. The standard InChI is InChI=1S/C18H18FNO6S/c1-3-26-16-9-4-12(10-17(16)25-2)15(21)11-18(22)20-13-5-7-14(8-6-13)27(19,23)24/h4-10H,3,11H2,1-2H3,(H,20,22). The molecule has 0 spiro atoms. The summed E-state index contributed by atoms with van der Waals surface area (Å²) in [4.78, 5) is 23.8. The smallest absolute Gasteiger partial charge is 0.332 e. The van der Waals surface area contributed by atoms with E-state index >= 15 is 0 Å². The number of nitrogens with one attached hydrogen (secondary N) is 1. The first-order valence-electron chi connectivity index (χ1n) is 7.93. The van der Waals surface area contributed by atoms with E-state index in [2.05, 4.69) is 5.32 Å². The molecule has 0 aliphatic carbocycles. The van der Waals surface area contributed by atoms with Gasteiger partial charge < -0.3 is 14.8 Å². The largest absolute Gasteiger partial charge is 0.493 e. The molecular formula is C18H18FNO6S. The fourth-order valence-corrected chi connectivity index (χ4v) is 2.73. The Morgan fingerprint density at radius 3 is 2.30 bits per heavy atom. The molecule has 0 saturated heterocycles. The average Bonchev–Trinajstić information content (AvgIpc) is 2.61. The summed E-state index contributed by atoms with van der Waals surface area (Å²) < 4.78 is 44.9. The Kier molecular flexibility index (Phi) is 6.51. The van der Waals surface area contributed by atoms with Gasteiger partial charge in [-0.1, -0.05) is 0 Å². The number of amides is 1. The van der Waals surface area contributed by atoms with Crippen LogP contribution in [-0.4, -0.2) is 33.8 Å². The summed E-state index contributed by atoms with van der Waals surface area (Å²) >= 11 is 0. The molecule has 0 heterocycles. The van der Waals surface area contributed by atoms with Crippen molar-refractivity contribution in [2.24, 2.45) is 0 Å². The highest BCUT2D eigenvalue weighted by Gasteiger charge is 2.16. The summed E-state index contributed by atoms with van der Waals surface area (Å²) in [6.45, 7) is 2.26. The van der Waals surface area contributed by atoms with Gasteiger partial charge in [0.05, 0.1) is 25.0 Å². The van der Waals surface area contributed by atoms with Crippen LogP contribution in [0.1, 0.15) is 23.7 Å². The van der Waals surface area contributed by atoms with Crippen molar-refractivity contribution in [1.29, 1.82) is 0 Å². The highest BCUT2D eigenvalue weighted by Crippen LogP contribution is 2.28. The Hall–Kier alpha value is -2.94. The number of hydrogen-bond acceptors (Lipinski definition) is 6. The van der Waals surface area contributed by atoms with Crippen molar-refractivity contribution < 1.29 is 31.4 Å². The summed E-state index contributed by atoms with van der Waals surface area (Å²) in [6, 6.07) is 9.10. The number of halogens is 1. The highest BCUT2D eigenvalue weighted by atomic mass is 32.3. The van der Waals surface area contributed by atoms with Gasteiger partial charge in [0.25, 0.3) is 0 Å². The Bertz CT molecular complexity index is 941. The van der Waals surface area contributed by atoms with Crippen LogP contribution >= 0.6 is 0 Å². The molecule has 1 N–H and O–H groups in total. The highest BCUT2D eigenvalue weighted by molar-refractivity contribution is 7.86. The molecule has 27 heavy (non-hydrogen) atoms. The molecule has 7 nitrogen and oxygen atoms in total. The zero-order valence-corrected chi connectivity index (χ0v) is 15.5. The first kappa shape index (κ1) is 20.4. The van der Waals surface area contributed by atoms with E-state index in [9.17, 15) is 21.9 Å². The number of hydrogen-bond donors (Lipinski definition) is 1. The van der Waals surface area contributed by atoms with Crippen LogP contribution < -0.4 is 14.8 Å². The number of anilines is 1. The lowest BCUT2D eigenvalue weighted by atomic mass is 10.1. The Morgan fingerprint density at radius 2 is 1.74 bits per heavy atom. The van der Waals surface area contributed by atoms with E-state index in [-0.39, 0.29) is 11.3 Å². The molecule has 9 heteroatoms. The van der Waals surface area contributed by atoms with Gasteiger partial charge in [0.1, 0.15) is 0 Å². The number of ether oxygens (including phenoxy) is 2. The minimum absolute atomic E-state index is 0.240. The molecule has 0 aliphatic heterocycles. The van der Waals surface area contributed by atoms with E-state index in [4.69, 9.17) is 9.47 Å². The van der Waals surface area contributed by atoms with Crippen molar-refractivity contribution in [3.05, 3.63) is 48.0 Å². The van der Waals surface area contributed by atoms with Gasteiger partial charge in [-0.25, -0.2) is 0 Å². The summed E-state index contributed by atoms with van der Waals surface area (Å²) in [5.74, 6) is -0.157. The normalized spacial score (nSPS) is 10.9. The average molecular weight is 395 g/mol. The number of ketones is 1. The number of carbonyl (C=O) groups excluding carboxylic acids is 2. The van der Waals surface area contributed by atoms with Gasteiger partial charge in [-0.3, -0.25) is 9.59 Å². The van der Waals surface area contributed by atoms with Gasteiger partial charge in [-0.15, -0.1) is 3.89 Å². The topological polar surface area (TPSA) is 98.8 Å². The second-order valence-electron chi connectivity index (χ2n) is 5.41. The van der Waals surface area contributed by atoms with Crippen LogP contribution in [-0.2, 0) is 15.0 Å². The van der Waals surface area contributed by atoms with Crippen LogP contribution in [0.25, 0.3) is 0 Å². The van der Waals surface area contributed by atoms with Crippen LogP contribution in [0.15, 0.2) is 47.4 Å². The lowest BCUT2D eigenvalue weighted by Gasteiger charge is -2.10. The maximum Gasteiger partial charge on any atom is 0.332 e. The summed E-state index contributed by atoms with van der Waals surface area (Å²) in [7, 11) is -3.36. The number of Topliss-reactive ketones (excluding diaryl/α,β-unsaturated/α-hetero) is 1. The lowest BCUT2D eigenvalue weighted by Crippen LogP contribution is -2.16. The van der Waals surface area contributed by atoms with Crippen LogP contribution in [0, 0.1) is 0 Å². The first-order chi connectivity index (χ1) is 12.7. The molecular weight excluding hydrogens is 377 g/mol. The van der Waals surface area contributed by atoms with E-state index in [0.29, 0.717) is 18.1 Å². The zero-order chi connectivity index (χ0) is 20.0. The predicted molar refractivity (Wildman–Crippen MR) is 96.5 cm³/mol. The fourth-order valence-electron chi connectivity index (χ4n) is 2.27. The molecule has 144 valence electrons. The number of carbonyl (C=O) groups is 2. The van der Waals surface area contributed by atoms with Crippen molar-refractivity contribution in [3.63, 3.8) is 0 Å². The molecule has 2 aromatic rings. The molecule has 0 radical (unpaired) electrons. The Balaban J connectivity index is 2.04. The predicted octanol–water partition coefficient (Wildman–Crippen LogP) is 2.96. The molecule has 0 aromatic heterocycles. The molecule has 2 aromatic carbocycles. The third-order valence-corrected chi connectivity index (χ3v) is 4.36. The van der Waals surface area contributed by atoms with Crippen molar-refractivity contribution in [2.75, 3.05) is 19.0 Å². The van der Waals surface area contributed by atoms with Gasteiger partial charge in [0, 0.05) is 11.3 Å². The van der Waals surface area contributed by atoms with Gasteiger partial charge in [-0.05, 0) is 49.4 Å². The van der Waals surface area contributed by atoms with E-state index in [0.717, 1.165) is 12.1 Å². The summed E-state index contributed by atoms with van der Waals surface area (Å²) in [6.07, 6.45) is -0.430. The third-order valence-electron chi connectivity index (χ3n) is 3.53. The van der Waals surface area contributed by atoms with E-state index in [1.807, 2.05) is 6.92 Å². The Morgan fingerprint density at radius 1 is 1.07 bits per heavy atom. The Labute approximate surface area is 156 Å².